The lowest BCUT2D eigenvalue weighted by atomic mass is 9.65. The molecule has 2 N–H and O–H groups in total. The highest BCUT2D eigenvalue weighted by molar-refractivity contribution is 5.85. The number of halogens is 2. The first-order chi connectivity index (χ1) is 11.7. The van der Waals surface area contributed by atoms with E-state index in [9.17, 15) is 4.79 Å². The Bertz CT molecular complexity index is 448. The zero-order chi connectivity index (χ0) is 16.5. The number of morpholine rings is 1. The molecule has 2 heterocycles. The van der Waals surface area contributed by atoms with Crippen LogP contribution in [0.15, 0.2) is 0 Å². The summed E-state index contributed by atoms with van der Waals surface area (Å²) in [6.07, 6.45) is 7.04. The van der Waals surface area contributed by atoms with Crippen molar-refractivity contribution in [3.05, 3.63) is 0 Å². The van der Waals surface area contributed by atoms with Crippen LogP contribution >= 0.6 is 24.8 Å². The maximum absolute atomic E-state index is 13.0. The molecule has 2 aliphatic heterocycles. The summed E-state index contributed by atoms with van der Waals surface area (Å²) in [5.74, 6) is 2.53. The number of carbonyl (C=O) groups is 1. The second-order valence-corrected chi connectivity index (χ2v) is 8.55. The highest BCUT2D eigenvalue weighted by Gasteiger charge is 2.42. The van der Waals surface area contributed by atoms with Crippen molar-refractivity contribution >= 4 is 30.7 Å². The van der Waals surface area contributed by atoms with E-state index in [1.165, 1.54) is 25.7 Å². The SMILES string of the molecule is Cl.Cl.NC1C2CCCC1CC(C(=O)N1CCC(CN3CCOCC3)C1)C2. The number of amides is 1. The van der Waals surface area contributed by atoms with Crippen molar-refractivity contribution in [1.29, 1.82) is 0 Å². The summed E-state index contributed by atoms with van der Waals surface area (Å²) in [4.78, 5) is 17.7. The maximum atomic E-state index is 13.0. The standard InChI is InChI=1S/C19H33N3O2.2ClH/c20-18-15-2-1-3-16(18)11-17(10-15)19(23)22-5-4-14(13-22)12-21-6-8-24-9-7-21;;/h14-18H,1-13,20H2;2*1H. The average molecular weight is 408 g/mol. The fraction of sp³-hybridized carbons (Fsp3) is 0.947. The lowest BCUT2D eigenvalue weighted by molar-refractivity contribution is -0.137. The lowest BCUT2D eigenvalue weighted by Crippen LogP contribution is -2.49. The van der Waals surface area contributed by atoms with Gasteiger partial charge in [0.15, 0.2) is 0 Å². The lowest BCUT2D eigenvalue weighted by Gasteiger charge is -2.44. The molecule has 4 rings (SSSR count). The number of nitrogens with zero attached hydrogens (tertiary/aromatic N) is 2. The first-order valence-electron chi connectivity index (χ1n) is 10.0. The number of nitrogens with two attached hydrogens (primary N) is 1. The minimum Gasteiger partial charge on any atom is -0.379 e. The van der Waals surface area contributed by atoms with Gasteiger partial charge in [0.05, 0.1) is 13.2 Å². The number of fused-ring (bicyclic) bond motifs is 2. The highest BCUT2D eigenvalue weighted by atomic mass is 35.5. The molecule has 0 spiro atoms. The molecule has 2 bridgehead atoms. The molecule has 2 saturated heterocycles. The van der Waals surface area contributed by atoms with Gasteiger partial charge in [-0.1, -0.05) is 6.42 Å². The molecule has 26 heavy (non-hydrogen) atoms. The molecule has 0 aromatic carbocycles. The molecule has 3 unspecified atom stereocenters. The molecule has 5 nitrogen and oxygen atoms in total. The van der Waals surface area contributed by atoms with Gasteiger partial charge in [-0.05, 0) is 49.9 Å². The summed E-state index contributed by atoms with van der Waals surface area (Å²) < 4.78 is 5.43. The largest absolute Gasteiger partial charge is 0.379 e. The van der Waals surface area contributed by atoms with Crippen LogP contribution in [0.1, 0.15) is 38.5 Å². The van der Waals surface area contributed by atoms with E-state index in [0.717, 1.165) is 58.8 Å². The Morgan fingerprint density at radius 1 is 1.00 bits per heavy atom. The minimum atomic E-state index is 0. The fourth-order valence-corrected chi connectivity index (χ4v) is 5.58. The molecule has 0 aromatic heterocycles. The molecule has 3 atom stereocenters. The summed E-state index contributed by atoms with van der Waals surface area (Å²) in [6.45, 7) is 6.89. The summed E-state index contributed by atoms with van der Waals surface area (Å²) in [6, 6.07) is 0.357. The summed E-state index contributed by atoms with van der Waals surface area (Å²) in [5.41, 5.74) is 6.39. The van der Waals surface area contributed by atoms with Crippen molar-refractivity contribution in [1.82, 2.24) is 9.80 Å². The fourth-order valence-electron chi connectivity index (χ4n) is 5.58. The van der Waals surface area contributed by atoms with E-state index in [-0.39, 0.29) is 30.7 Å². The van der Waals surface area contributed by atoms with Crippen molar-refractivity contribution in [3.8, 4) is 0 Å². The van der Waals surface area contributed by atoms with Crippen molar-refractivity contribution in [2.45, 2.75) is 44.6 Å². The van der Waals surface area contributed by atoms with Gasteiger partial charge in [-0.25, -0.2) is 0 Å². The predicted octanol–water partition coefficient (Wildman–Crippen LogP) is 2.16. The molecule has 0 radical (unpaired) electrons. The number of rotatable bonds is 3. The van der Waals surface area contributed by atoms with Crippen molar-refractivity contribution < 1.29 is 9.53 Å². The molecular formula is C19H35Cl2N3O2. The molecule has 4 aliphatic rings. The Balaban J connectivity index is 0.00000121. The van der Waals surface area contributed by atoms with Crippen molar-refractivity contribution in [2.75, 3.05) is 45.9 Å². The van der Waals surface area contributed by atoms with Crippen LogP contribution in [0, 0.1) is 23.7 Å². The van der Waals surface area contributed by atoms with Crippen molar-refractivity contribution in [2.24, 2.45) is 29.4 Å². The smallest absolute Gasteiger partial charge is 0.225 e. The topological polar surface area (TPSA) is 58.8 Å². The van der Waals surface area contributed by atoms with Gasteiger partial charge in [0.2, 0.25) is 5.91 Å². The van der Waals surface area contributed by atoms with Crippen LogP contribution in [0.25, 0.3) is 0 Å². The summed E-state index contributed by atoms with van der Waals surface area (Å²) >= 11 is 0. The van der Waals surface area contributed by atoms with Gasteiger partial charge in [0.1, 0.15) is 0 Å². The van der Waals surface area contributed by atoms with Crippen LogP contribution in [-0.2, 0) is 9.53 Å². The van der Waals surface area contributed by atoms with Crippen molar-refractivity contribution in [3.63, 3.8) is 0 Å². The number of hydrogen-bond acceptors (Lipinski definition) is 4. The van der Waals surface area contributed by atoms with E-state index in [1.807, 2.05) is 0 Å². The number of carbonyl (C=O) groups excluding carboxylic acids is 1. The second kappa shape index (κ2) is 9.92. The van der Waals surface area contributed by atoms with Gasteiger partial charge in [0.25, 0.3) is 0 Å². The van der Waals surface area contributed by atoms with E-state index in [1.54, 1.807) is 0 Å². The van der Waals surface area contributed by atoms with Crippen LogP contribution in [0.3, 0.4) is 0 Å². The average Bonchev–Trinajstić information content (AvgIpc) is 3.03. The highest BCUT2D eigenvalue weighted by Crippen LogP contribution is 2.42. The second-order valence-electron chi connectivity index (χ2n) is 8.55. The molecule has 4 fully saturated rings. The van der Waals surface area contributed by atoms with E-state index < -0.39 is 0 Å². The molecule has 2 aliphatic carbocycles. The first kappa shape index (κ1) is 22.2. The van der Waals surface area contributed by atoms with Gasteiger partial charge < -0.3 is 15.4 Å². The van der Waals surface area contributed by atoms with Crippen LogP contribution < -0.4 is 5.73 Å². The van der Waals surface area contributed by atoms with E-state index in [0.29, 0.717) is 29.7 Å². The third-order valence-electron chi connectivity index (χ3n) is 6.98. The first-order valence-corrected chi connectivity index (χ1v) is 10.0. The summed E-state index contributed by atoms with van der Waals surface area (Å²) in [5, 5.41) is 0. The Hall–Kier alpha value is -0.0700. The summed E-state index contributed by atoms with van der Waals surface area (Å²) in [7, 11) is 0. The van der Waals surface area contributed by atoms with Gasteiger partial charge >= 0.3 is 0 Å². The minimum absolute atomic E-state index is 0. The maximum Gasteiger partial charge on any atom is 0.225 e. The molecule has 7 heteroatoms. The molecule has 2 saturated carbocycles. The van der Waals surface area contributed by atoms with Gasteiger partial charge in [-0.15, -0.1) is 24.8 Å². The molecular weight excluding hydrogens is 373 g/mol. The molecule has 1 amide bonds. The van der Waals surface area contributed by atoms with Crippen LogP contribution in [0.4, 0.5) is 0 Å². The van der Waals surface area contributed by atoms with Gasteiger partial charge in [-0.3, -0.25) is 9.69 Å². The van der Waals surface area contributed by atoms with E-state index in [2.05, 4.69) is 9.80 Å². The van der Waals surface area contributed by atoms with Crippen LogP contribution in [0.2, 0.25) is 0 Å². The van der Waals surface area contributed by atoms with Crippen LogP contribution in [0.5, 0.6) is 0 Å². The predicted molar refractivity (Wildman–Crippen MR) is 108 cm³/mol. The zero-order valence-corrected chi connectivity index (χ0v) is 17.3. The van der Waals surface area contributed by atoms with Gasteiger partial charge in [-0.2, -0.15) is 0 Å². The Kier molecular flexibility index (Phi) is 8.48. The Morgan fingerprint density at radius 3 is 2.31 bits per heavy atom. The number of ether oxygens (including phenoxy) is 1. The normalized spacial score (nSPS) is 37.6. The third-order valence-corrected chi connectivity index (χ3v) is 6.98. The van der Waals surface area contributed by atoms with E-state index in [4.69, 9.17) is 10.5 Å². The number of hydrogen-bond donors (Lipinski definition) is 1. The number of likely N-dealkylation sites (tertiary alicyclic amines) is 1. The van der Waals surface area contributed by atoms with E-state index >= 15 is 0 Å². The monoisotopic (exact) mass is 407 g/mol. The Morgan fingerprint density at radius 2 is 1.65 bits per heavy atom. The van der Waals surface area contributed by atoms with Crippen LogP contribution in [-0.4, -0.2) is 67.7 Å². The third kappa shape index (κ3) is 4.85. The Labute approximate surface area is 170 Å². The van der Waals surface area contributed by atoms with Gasteiger partial charge in [0, 0.05) is 44.7 Å². The molecule has 0 aromatic rings. The molecule has 152 valence electrons. The quantitative estimate of drug-likeness (QED) is 0.778. The zero-order valence-electron chi connectivity index (χ0n) is 15.7.